The average Bonchev–Trinajstić information content (AvgIpc) is 3.38. The van der Waals surface area contributed by atoms with E-state index in [1.807, 2.05) is 19.1 Å². The highest BCUT2D eigenvalue weighted by Crippen LogP contribution is 2.39. The predicted octanol–water partition coefficient (Wildman–Crippen LogP) is 2.93. The Labute approximate surface area is 134 Å². The third-order valence-electron chi connectivity index (χ3n) is 3.74. The van der Waals surface area contributed by atoms with Gasteiger partial charge in [-0.25, -0.2) is 14.8 Å². The molecule has 6 nitrogen and oxygen atoms in total. The molecule has 2 aromatic rings. The van der Waals surface area contributed by atoms with Gasteiger partial charge in [0.15, 0.2) is 5.82 Å². The van der Waals surface area contributed by atoms with Gasteiger partial charge in [-0.15, -0.1) is 0 Å². The van der Waals surface area contributed by atoms with Crippen molar-refractivity contribution in [3.8, 4) is 6.07 Å². The highest BCUT2D eigenvalue weighted by atomic mass is 16.2. The minimum Gasteiger partial charge on any atom is -0.328 e. The van der Waals surface area contributed by atoms with Gasteiger partial charge < -0.3 is 10.6 Å². The second kappa shape index (κ2) is 6.44. The van der Waals surface area contributed by atoms with Gasteiger partial charge in [-0.1, -0.05) is 0 Å². The van der Waals surface area contributed by atoms with E-state index in [1.54, 1.807) is 30.5 Å². The highest BCUT2D eigenvalue weighted by molar-refractivity contribution is 5.89. The summed E-state index contributed by atoms with van der Waals surface area (Å²) in [4.78, 5) is 20.9. The zero-order valence-electron chi connectivity index (χ0n) is 12.8. The SMILES string of the molecule is Cc1ccnc(C(NC(=O)Nc2ccc(C#N)cc2)C2CC2)n1. The number of amides is 2. The maximum absolute atomic E-state index is 12.2. The summed E-state index contributed by atoms with van der Waals surface area (Å²) in [6.07, 6.45) is 3.85. The minimum absolute atomic E-state index is 0.173. The van der Waals surface area contributed by atoms with Crippen molar-refractivity contribution in [1.29, 1.82) is 5.26 Å². The number of nitrogens with zero attached hydrogens (tertiary/aromatic N) is 3. The predicted molar refractivity (Wildman–Crippen MR) is 85.5 cm³/mol. The summed E-state index contributed by atoms with van der Waals surface area (Å²) in [6.45, 7) is 1.91. The van der Waals surface area contributed by atoms with Crippen LogP contribution in [0.4, 0.5) is 10.5 Å². The van der Waals surface area contributed by atoms with Gasteiger partial charge >= 0.3 is 6.03 Å². The van der Waals surface area contributed by atoms with Crippen molar-refractivity contribution in [2.45, 2.75) is 25.8 Å². The number of hydrogen-bond acceptors (Lipinski definition) is 4. The molecule has 0 radical (unpaired) electrons. The van der Waals surface area contributed by atoms with E-state index in [0.717, 1.165) is 18.5 Å². The molecule has 1 heterocycles. The molecule has 1 aromatic heterocycles. The molecular weight excluding hydrogens is 290 g/mol. The molecule has 1 fully saturated rings. The number of urea groups is 1. The topological polar surface area (TPSA) is 90.7 Å². The molecule has 0 spiro atoms. The summed E-state index contributed by atoms with van der Waals surface area (Å²) in [7, 11) is 0. The average molecular weight is 307 g/mol. The molecule has 2 amide bonds. The van der Waals surface area contributed by atoms with Crippen LogP contribution in [0.15, 0.2) is 36.5 Å². The van der Waals surface area contributed by atoms with Crippen LogP contribution in [-0.4, -0.2) is 16.0 Å². The first-order valence-corrected chi connectivity index (χ1v) is 7.53. The van der Waals surface area contributed by atoms with E-state index in [0.29, 0.717) is 23.0 Å². The van der Waals surface area contributed by atoms with Crippen molar-refractivity contribution in [3.05, 3.63) is 53.6 Å². The van der Waals surface area contributed by atoms with Crippen LogP contribution >= 0.6 is 0 Å². The summed E-state index contributed by atoms with van der Waals surface area (Å²) < 4.78 is 0. The van der Waals surface area contributed by atoms with E-state index in [9.17, 15) is 4.79 Å². The Hall–Kier alpha value is -2.94. The van der Waals surface area contributed by atoms with Crippen LogP contribution < -0.4 is 10.6 Å². The Morgan fingerprint density at radius 1 is 1.30 bits per heavy atom. The Morgan fingerprint density at radius 2 is 2.04 bits per heavy atom. The van der Waals surface area contributed by atoms with E-state index >= 15 is 0 Å². The van der Waals surface area contributed by atoms with Gasteiger partial charge in [0.2, 0.25) is 0 Å². The van der Waals surface area contributed by atoms with Crippen LogP contribution in [0.5, 0.6) is 0 Å². The van der Waals surface area contributed by atoms with Crippen LogP contribution in [0.25, 0.3) is 0 Å². The van der Waals surface area contributed by atoms with Crippen molar-refractivity contribution in [1.82, 2.24) is 15.3 Å². The number of carbonyl (C=O) groups excluding carboxylic acids is 1. The molecule has 1 aliphatic carbocycles. The Kier molecular flexibility index (Phi) is 4.20. The smallest absolute Gasteiger partial charge is 0.319 e. The van der Waals surface area contributed by atoms with E-state index in [-0.39, 0.29) is 12.1 Å². The van der Waals surface area contributed by atoms with Crippen LogP contribution in [0.2, 0.25) is 0 Å². The summed E-state index contributed by atoms with van der Waals surface area (Å²) in [5, 5.41) is 14.5. The number of nitriles is 1. The van der Waals surface area contributed by atoms with Crippen molar-refractivity contribution in [2.75, 3.05) is 5.32 Å². The lowest BCUT2D eigenvalue weighted by Crippen LogP contribution is -2.34. The Balaban J connectivity index is 1.68. The van der Waals surface area contributed by atoms with Crippen LogP contribution in [-0.2, 0) is 0 Å². The van der Waals surface area contributed by atoms with E-state index in [2.05, 4.69) is 20.6 Å². The molecule has 6 heteroatoms. The monoisotopic (exact) mass is 307 g/mol. The number of nitrogens with one attached hydrogen (secondary N) is 2. The maximum atomic E-state index is 12.2. The summed E-state index contributed by atoms with van der Waals surface area (Å²) in [5.41, 5.74) is 2.08. The quantitative estimate of drug-likeness (QED) is 0.908. The van der Waals surface area contributed by atoms with Crippen LogP contribution in [0.1, 0.15) is 36.0 Å². The fraction of sp³-hybridized carbons (Fsp3) is 0.294. The second-order valence-corrected chi connectivity index (χ2v) is 5.66. The molecular formula is C17H17N5O. The number of hydrogen-bond donors (Lipinski definition) is 2. The lowest BCUT2D eigenvalue weighted by molar-refractivity contribution is 0.246. The van der Waals surface area contributed by atoms with Gasteiger partial charge in [-0.2, -0.15) is 5.26 Å². The Bertz CT molecular complexity index is 746. The standard InChI is InChI=1S/C17H17N5O/c1-11-8-9-19-16(20-11)15(13-4-5-13)22-17(23)21-14-6-2-12(10-18)3-7-14/h2-3,6-9,13,15H,4-5H2,1H3,(H2,21,22,23). The summed E-state index contributed by atoms with van der Waals surface area (Å²) in [5.74, 6) is 1.05. The number of rotatable bonds is 4. The lowest BCUT2D eigenvalue weighted by atomic mass is 10.1. The normalized spacial score (nSPS) is 14.6. The number of carbonyl (C=O) groups is 1. The van der Waals surface area contributed by atoms with Gasteiger partial charge in [0.1, 0.15) is 0 Å². The number of benzene rings is 1. The molecule has 0 saturated heterocycles. The highest BCUT2D eigenvalue weighted by Gasteiger charge is 2.35. The minimum atomic E-state index is -0.295. The molecule has 1 aromatic carbocycles. The van der Waals surface area contributed by atoms with Crippen molar-refractivity contribution in [3.63, 3.8) is 0 Å². The number of aryl methyl sites for hydroxylation is 1. The molecule has 23 heavy (non-hydrogen) atoms. The Morgan fingerprint density at radius 3 is 2.65 bits per heavy atom. The van der Waals surface area contributed by atoms with Crippen LogP contribution in [0.3, 0.4) is 0 Å². The first-order valence-electron chi connectivity index (χ1n) is 7.53. The van der Waals surface area contributed by atoms with Crippen LogP contribution in [0, 0.1) is 24.2 Å². The first kappa shape index (κ1) is 15.0. The van der Waals surface area contributed by atoms with E-state index in [4.69, 9.17) is 5.26 Å². The maximum Gasteiger partial charge on any atom is 0.319 e. The van der Waals surface area contributed by atoms with Crippen molar-refractivity contribution < 1.29 is 4.79 Å². The van der Waals surface area contributed by atoms with Gasteiger partial charge in [0, 0.05) is 17.6 Å². The third-order valence-corrected chi connectivity index (χ3v) is 3.74. The zero-order chi connectivity index (χ0) is 16.2. The fourth-order valence-electron chi connectivity index (χ4n) is 2.38. The van der Waals surface area contributed by atoms with Crippen molar-refractivity contribution in [2.24, 2.45) is 5.92 Å². The second-order valence-electron chi connectivity index (χ2n) is 5.66. The van der Waals surface area contributed by atoms with Gasteiger partial charge in [0.25, 0.3) is 0 Å². The largest absolute Gasteiger partial charge is 0.328 e. The van der Waals surface area contributed by atoms with Gasteiger partial charge in [-0.05, 0) is 56.0 Å². The molecule has 2 N–H and O–H groups in total. The van der Waals surface area contributed by atoms with E-state index in [1.165, 1.54) is 0 Å². The summed E-state index contributed by atoms with van der Waals surface area (Å²) in [6, 6.07) is 10.1. The molecule has 0 bridgehead atoms. The molecule has 116 valence electrons. The van der Waals surface area contributed by atoms with E-state index < -0.39 is 0 Å². The number of aromatic nitrogens is 2. The van der Waals surface area contributed by atoms with Crippen molar-refractivity contribution >= 4 is 11.7 Å². The molecule has 1 aliphatic rings. The molecule has 3 rings (SSSR count). The molecule has 0 aliphatic heterocycles. The first-order chi connectivity index (χ1) is 11.2. The molecule has 1 atom stereocenters. The third kappa shape index (κ3) is 3.83. The number of anilines is 1. The fourth-order valence-corrected chi connectivity index (χ4v) is 2.38. The summed E-state index contributed by atoms with van der Waals surface area (Å²) >= 11 is 0. The van der Waals surface area contributed by atoms with Gasteiger partial charge in [0.05, 0.1) is 17.7 Å². The molecule has 1 saturated carbocycles. The van der Waals surface area contributed by atoms with Gasteiger partial charge in [-0.3, -0.25) is 0 Å². The molecule has 1 unspecified atom stereocenters. The zero-order valence-corrected chi connectivity index (χ0v) is 12.8. The lowest BCUT2D eigenvalue weighted by Gasteiger charge is -2.17.